The van der Waals surface area contributed by atoms with Crippen LogP contribution in [0.4, 0.5) is 5.82 Å². The summed E-state index contributed by atoms with van der Waals surface area (Å²) in [5.74, 6) is 0.00709. The van der Waals surface area contributed by atoms with Crippen molar-refractivity contribution >= 4 is 17.6 Å². The molecule has 0 bridgehead atoms. The van der Waals surface area contributed by atoms with Gasteiger partial charge in [-0.05, 0) is 47.3 Å². The van der Waals surface area contributed by atoms with E-state index < -0.39 is 11.9 Å². The first-order valence-electron chi connectivity index (χ1n) is 9.67. The molecule has 9 nitrogen and oxygen atoms in total. The van der Waals surface area contributed by atoms with Crippen molar-refractivity contribution < 1.29 is 20.5 Å². The Morgan fingerprint density at radius 2 is 1.97 bits per heavy atom. The van der Waals surface area contributed by atoms with Crippen LogP contribution in [0.2, 0.25) is 0 Å². The summed E-state index contributed by atoms with van der Waals surface area (Å²) in [4.78, 5) is 16.3. The number of nitrogens with two attached hydrogens (primary N) is 1. The summed E-state index contributed by atoms with van der Waals surface area (Å²) in [6.45, 7) is 2.58. The van der Waals surface area contributed by atoms with E-state index in [2.05, 4.69) is 26.4 Å². The second-order valence-electron chi connectivity index (χ2n) is 7.03. The molecule has 29 heavy (non-hydrogen) atoms. The molecule has 154 valence electrons. The Labute approximate surface area is 169 Å². The summed E-state index contributed by atoms with van der Waals surface area (Å²) in [6, 6.07) is 10.8. The number of aromatic hydroxyl groups is 1. The summed E-state index contributed by atoms with van der Waals surface area (Å²) in [5.41, 5.74) is 9.27. The van der Waals surface area contributed by atoms with Crippen LogP contribution in [-0.4, -0.2) is 27.0 Å². The van der Waals surface area contributed by atoms with Gasteiger partial charge in [0.1, 0.15) is 11.6 Å². The predicted octanol–water partition coefficient (Wildman–Crippen LogP) is 0.959. The van der Waals surface area contributed by atoms with E-state index in [0.29, 0.717) is 25.2 Å². The lowest BCUT2D eigenvalue weighted by Crippen LogP contribution is -2.87. The first kappa shape index (κ1) is 20.6. The number of hydrazine groups is 1. The van der Waals surface area contributed by atoms with Gasteiger partial charge in [0.15, 0.2) is 5.84 Å². The Hall–Kier alpha value is -3.17. The maximum Gasteiger partial charge on any atom is 0.307 e. The maximum absolute atomic E-state index is 11.8. The van der Waals surface area contributed by atoms with E-state index in [0.717, 1.165) is 23.4 Å². The van der Waals surface area contributed by atoms with Crippen LogP contribution in [0.15, 0.2) is 47.7 Å². The fraction of sp³-hybridized carbons (Fsp3) is 0.350. The number of aromatic nitrogens is 1. The van der Waals surface area contributed by atoms with E-state index in [1.165, 1.54) is 5.53 Å². The maximum atomic E-state index is 11.8. The van der Waals surface area contributed by atoms with Crippen molar-refractivity contribution in [2.24, 2.45) is 16.9 Å². The lowest BCUT2D eigenvalue weighted by Gasteiger charge is -2.22. The van der Waals surface area contributed by atoms with Crippen LogP contribution < -0.4 is 21.8 Å². The zero-order chi connectivity index (χ0) is 20.6. The standard InChI is InChI=1S/C20H26N6O3/c1-2-3-16(20(28)29)17(19-23-25-26-24-19)10-14-6-9-18(22-12-14)21-11-13-4-7-15(27)8-5-13/h4-9,12,16-17,25-27H,2-3,10-11H2,1H3,(H,21,22)(H,23,24)(H,28,29)/p+1. The van der Waals surface area contributed by atoms with Crippen molar-refractivity contribution in [2.45, 2.75) is 32.7 Å². The summed E-state index contributed by atoms with van der Waals surface area (Å²) in [7, 11) is 0. The second-order valence-corrected chi connectivity index (χ2v) is 7.03. The highest BCUT2D eigenvalue weighted by Gasteiger charge is 2.34. The minimum atomic E-state index is -0.812. The molecule has 3 rings (SSSR count). The molecule has 2 aromatic rings. The van der Waals surface area contributed by atoms with Gasteiger partial charge in [0, 0.05) is 18.7 Å². The van der Waals surface area contributed by atoms with Gasteiger partial charge in [-0.25, -0.2) is 4.98 Å². The van der Waals surface area contributed by atoms with Crippen LogP contribution >= 0.6 is 0 Å². The van der Waals surface area contributed by atoms with Crippen molar-refractivity contribution in [1.29, 1.82) is 0 Å². The molecule has 1 aromatic heterocycles. The minimum absolute atomic E-state index is 0.239. The van der Waals surface area contributed by atoms with E-state index in [1.807, 2.05) is 31.2 Å². The highest BCUT2D eigenvalue weighted by Crippen LogP contribution is 2.24. The molecule has 2 heterocycles. The van der Waals surface area contributed by atoms with E-state index in [9.17, 15) is 15.0 Å². The highest BCUT2D eigenvalue weighted by molar-refractivity contribution is 5.88. The molecule has 0 saturated heterocycles. The van der Waals surface area contributed by atoms with Crippen molar-refractivity contribution in [3.63, 3.8) is 0 Å². The number of nitrogens with one attached hydrogen (secondary N) is 3. The quantitative estimate of drug-likeness (QED) is 0.328. The van der Waals surface area contributed by atoms with Gasteiger partial charge in [0.25, 0.3) is 0 Å². The van der Waals surface area contributed by atoms with Gasteiger partial charge in [0.2, 0.25) is 0 Å². The Morgan fingerprint density at radius 1 is 1.21 bits per heavy atom. The number of hydrogen-bond donors (Lipinski definition) is 6. The molecule has 0 aliphatic carbocycles. The highest BCUT2D eigenvalue weighted by atomic mass is 16.4. The average Bonchev–Trinajstić information content (AvgIpc) is 3.25. The molecule has 9 heteroatoms. The molecule has 0 spiro atoms. The zero-order valence-corrected chi connectivity index (χ0v) is 16.3. The molecule has 0 saturated carbocycles. The number of benzene rings is 1. The molecule has 2 atom stereocenters. The third-order valence-corrected chi connectivity index (χ3v) is 4.91. The number of phenols is 1. The summed E-state index contributed by atoms with van der Waals surface area (Å²) in [6.07, 6.45) is 3.67. The fourth-order valence-electron chi connectivity index (χ4n) is 3.38. The van der Waals surface area contributed by atoms with E-state index in [1.54, 1.807) is 18.3 Å². The molecule has 0 radical (unpaired) electrons. The van der Waals surface area contributed by atoms with Crippen LogP contribution in [0.1, 0.15) is 30.9 Å². The summed E-state index contributed by atoms with van der Waals surface area (Å²) in [5, 5.41) is 26.5. The molecule has 1 aliphatic rings. The Morgan fingerprint density at radius 3 is 2.55 bits per heavy atom. The normalized spacial score (nSPS) is 15.3. The third-order valence-electron chi connectivity index (χ3n) is 4.91. The average molecular weight is 399 g/mol. The lowest BCUT2D eigenvalue weighted by atomic mass is 9.83. The van der Waals surface area contributed by atoms with Crippen LogP contribution in [0.25, 0.3) is 0 Å². The van der Waals surface area contributed by atoms with E-state index >= 15 is 0 Å². The fourth-order valence-corrected chi connectivity index (χ4v) is 3.38. The lowest BCUT2D eigenvalue weighted by molar-refractivity contribution is -0.713. The number of carboxylic acid groups (broad SMARTS) is 1. The minimum Gasteiger partial charge on any atom is -0.508 e. The first-order valence-corrected chi connectivity index (χ1v) is 9.67. The number of carbonyl (C=O) groups is 1. The van der Waals surface area contributed by atoms with Crippen molar-refractivity contribution in [1.82, 2.24) is 15.9 Å². The molecule has 0 amide bonds. The molecular formula is C20H27N6O3+. The molecule has 0 fully saturated rings. The van der Waals surface area contributed by atoms with Crippen molar-refractivity contribution in [2.75, 3.05) is 5.32 Å². The molecule has 7 N–H and O–H groups in total. The number of anilines is 1. The number of amidine groups is 1. The number of quaternary nitrogens is 1. The van der Waals surface area contributed by atoms with E-state index in [-0.39, 0.29) is 11.7 Å². The van der Waals surface area contributed by atoms with Gasteiger partial charge in [-0.3, -0.25) is 10.2 Å². The second kappa shape index (κ2) is 9.85. The van der Waals surface area contributed by atoms with Gasteiger partial charge in [-0.1, -0.05) is 37.1 Å². The van der Waals surface area contributed by atoms with Gasteiger partial charge >= 0.3 is 5.97 Å². The number of rotatable bonds is 10. The first-order chi connectivity index (χ1) is 14.1. The van der Waals surface area contributed by atoms with Crippen LogP contribution in [-0.2, 0) is 17.8 Å². The molecule has 1 aromatic carbocycles. The Balaban J connectivity index is 1.66. The number of nitrogens with zero attached hydrogens (tertiary/aromatic N) is 2. The number of phenolic OH excluding ortho intramolecular Hbond substituents is 1. The Kier molecular flexibility index (Phi) is 6.99. The number of carboxylic acids is 1. The van der Waals surface area contributed by atoms with Gasteiger partial charge in [0.05, 0.1) is 5.92 Å². The monoisotopic (exact) mass is 399 g/mol. The predicted molar refractivity (Wildman–Crippen MR) is 109 cm³/mol. The zero-order valence-electron chi connectivity index (χ0n) is 16.3. The topological polar surface area (TPSA) is 135 Å². The van der Waals surface area contributed by atoms with Gasteiger partial charge in [-0.2, -0.15) is 0 Å². The van der Waals surface area contributed by atoms with Crippen molar-refractivity contribution in [3.05, 3.63) is 53.7 Å². The molecule has 1 aliphatic heterocycles. The summed E-state index contributed by atoms with van der Waals surface area (Å²) < 4.78 is 0. The van der Waals surface area contributed by atoms with E-state index in [4.69, 9.17) is 0 Å². The number of pyridine rings is 1. The molecule has 2 unspecified atom stereocenters. The number of hydrogen-bond acceptors (Lipinski definition) is 7. The van der Waals surface area contributed by atoms with Gasteiger partial charge < -0.3 is 15.5 Å². The smallest absolute Gasteiger partial charge is 0.307 e. The van der Waals surface area contributed by atoms with Crippen molar-refractivity contribution in [3.8, 4) is 5.75 Å². The number of aliphatic carboxylic acids is 1. The third kappa shape index (κ3) is 5.66. The van der Waals surface area contributed by atoms with Gasteiger partial charge in [-0.15, -0.1) is 5.53 Å². The largest absolute Gasteiger partial charge is 0.508 e. The Bertz CT molecular complexity index is 838. The summed E-state index contributed by atoms with van der Waals surface area (Å²) >= 11 is 0. The van der Waals surface area contributed by atoms with Crippen LogP contribution in [0, 0.1) is 11.8 Å². The van der Waals surface area contributed by atoms with Crippen LogP contribution in [0.3, 0.4) is 0 Å². The van der Waals surface area contributed by atoms with Crippen LogP contribution in [0.5, 0.6) is 5.75 Å². The SMILES string of the molecule is CCCC(C(=O)O)C(Cc1ccc(NCc2ccc(O)cc2)nc1)C1=N[NH2+]NN1. The molecular weight excluding hydrogens is 372 g/mol.